The first-order valence-corrected chi connectivity index (χ1v) is 12.8. The lowest BCUT2D eigenvalue weighted by Crippen LogP contribution is -2.37. The van der Waals surface area contributed by atoms with Gasteiger partial charge in [0.2, 0.25) is 17.6 Å². The van der Waals surface area contributed by atoms with Gasteiger partial charge in [-0.1, -0.05) is 42.8 Å². The number of nitrogens with zero attached hydrogens (tertiary/aromatic N) is 3. The Morgan fingerprint density at radius 2 is 1.89 bits per heavy atom. The minimum atomic E-state index is -0.937. The Bertz CT molecular complexity index is 1590. The van der Waals surface area contributed by atoms with Crippen LogP contribution in [0.4, 0.5) is 0 Å². The van der Waals surface area contributed by atoms with E-state index in [0.717, 1.165) is 10.8 Å². The smallest absolute Gasteiger partial charge is 0.213 e. The summed E-state index contributed by atoms with van der Waals surface area (Å²) in [6.07, 6.45) is 2.62. The lowest BCUT2D eigenvalue weighted by molar-refractivity contribution is -0.125. The number of fused-ring (bicyclic) bond motifs is 6. The lowest BCUT2D eigenvalue weighted by atomic mass is 9.74. The Morgan fingerprint density at radius 1 is 1.13 bits per heavy atom. The Labute approximate surface area is 224 Å². The van der Waals surface area contributed by atoms with Crippen molar-refractivity contribution in [2.24, 2.45) is 0 Å². The number of halogens is 1. The van der Waals surface area contributed by atoms with Gasteiger partial charge in [0.05, 0.1) is 46.2 Å². The quantitative estimate of drug-likeness (QED) is 0.315. The summed E-state index contributed by atoms with van der Waals surface area (Å²) in [6, 6.07) is 16.5. The van der Waals surface area contributed by atoms with Crippen LogP contribution in [-0.4, -0.2) is 39.6 Å². The molecule has 9 heteroatoms. The number of aromatic nitrogens is 2. The van der Waals surface area contributed by atoms with Crippen LogP contribution < -0.4 is 4.74 Å². The van der Waals surface area contributed by atoms with Crippen LogP contribution in [0, 0.1) is 11.3 Å². The maximum atomic E-state index is 11.7. The summed E-state index contributed by atoms with van der Waals surface area (Å²) in [5.74, 6) is 0.237. The van der Waals surface area contributed by atoms with Gasteiger partial charge in [-0.15, -0.1) is 0 Å². The van der Waals surface area contributed by atoms with Crippen molar-refractivity contribution in [2.45, 2.75) is 43.5 Å². The van der Waals surface area contributed by atoms with Gasteiger partial charge in [-0.25, -0.2) is 4.98 Å². The molecule has 8 nitrogen and oxygen atoms in total. The van der Waals surface area contributed by atoms with Crippen LogP contribution in [0.3, 0.4) is 0 Å². The van der Waals surface area contributed by atoms with E-state index in [1.165, 1.54) is 10.8 Å². The Balaban J connectivity index is 1.48. The first kappa shape index (κ1) is 24.6. The molecule has 2 N–H and O–H groups in total. The molecule has 2 aromatic heterocycles. The lowest BCUT2D eigenvalue weighted by Gasteiger charge is -2.31. The van der Waals surface area contributed by atoms with E-state index in [1.807, 2.05) is 31.2 Å². The van der Waals surface area contributed by atoms with Crippen molar-refractivity contribution in [2.75, 3.05) is 13.7 Å². The predicted octanol–water partition coefficient (Wildman–Crippen LogP) is 5.68. The molecule has 2 aliphatic rings. The minimum absolute atomic E-state index is 0.0955. The average molecular weight is 532 g/mol. The van der Waals surface area contributed by atoms with Gasteiger partial charge >= 0.3 is 0 Å². The molecule has 38 heavy (non-hydrogen) atoms. The van der Waals surface area contributed by atoms with E-state index in [2.05, 4.69) is 11.1 Å². The third-order valence-corrected chi connectivity index (χ3v) is 8.16. The fourth-order valence-electron chi connectivity index (χ4n) is 6.27. The van der Waals surface area contributed by atoms with E-state index >= 15 is 0 Å². The molecule has 4 heterocycles. The largest absolute Gasteiger partial charge is 0.494 e. The summed E-state index contributed by atoms with van der Waals surface area (Å²) in [5.41, 5.74) is 0.298. The third-order valence-electron chi connectivity index (χ3n) is 7.94. The second kappa shape index (κ2) is 8.91. The number of aromatic hydroxyl groups is 2. The van der Waals surface area contributed by atoms with Crippen LogP contribution in [0.25, 0.3) is 16.5 Å². The summed E-state index contributed by atoms with van der Waals surface area (Å²) in [7, 11) is 1.63. The van der Waals surface area contributed by atoms with Gasteiger partial charge in [0.25, 0.3) is 0 Å². The van der Waals surface area contributed by atoms with E-state index in [-0.39, 0.29) is 24.5 Å². The number of benzene rings is 2. The summed E-state index contributed by atoms with van der Waals surface area (Å²) in [5, 5.41) is 35.0. The molecule has 0 amide bonds. The Morgan fingerprint density at radius 3 is 2.58 bits per heavy atom. The molecule has 6 rings (SSSR count). The van der Waals surface area contributed by atoms with Gasteiger partial charge in [0, 0.05) is 43.0 Å². The predicted molar refractivity (Wildman–Crippen MR) is 141 cm³/mol. The van der Waals surface area contributed by atoms with E-state index in [0.29, 0.717) is 52.5 Å². The van der Waals surface area contributed by atoms with Crippen molar-refractivity contribution in [3.8, 4) is 29.4 Å². The molecule has 3 atom stereocenters. The molecule has 0 aliphatic carbocycles. The fraction of sp³-hybridized carbons (Fsp3) is 0.310. The van der Waals surface area contributed by atoms with Gasteiger partial charge in [-0.2, -0.15) is 5.26 Å². The maximum absolute atomic E-state index is 11.7. The zero-order valence-electron chi connectivity index (χ0n) is 20.9. The van der Waals surface area contributed by atoms with Crippen molar-refractivity contribution in [3.63, 3.8) is 0 Å². The highest BCUT2D eigenvalue weighted by Gasteiger charge is 2.67. The average Bonchev–Trinajstić information content (AvgIpc) is 3.53. The second-order valence-corrected chi connectivity index (χ2v) is 10.1. The van der Waals surface area contributed by atoms with Crippen molar-refractivity contribution >= 4 is 22.4 Å². The number of nitriles is 1. The molecule has 2 aliphatic heterocycles. The summed E-state index contributed by atoms with van der Waals surface area (Å²) in [6.45, 7) is 2.24. The molecule has 1 unspecified atom stereocenters. The number of ether oxygens (including phenoxy) is 3. The van der Waals surface area contributed by atoms with E-state index in [1.54, 1.807) is 31.4 Å². The monoisotopic (exact) mass is 531 g/mol. The zero-order chi connectivity index (χ0) is 26.7. The highest BCUT2D eigenvalue weighted by Crippen LogP contribution is 2.67. The van der Waals surface area contributed by atoms with Crippen molar-refractivity contribution in [1.29, 1.82) is 5.26 Å². The standard InChI is InChI=1S/C29H26ClN3O5/c1-3-29-22(36-2)14-28(38-29,12-13-37-23-11-9-18(30)16-32-23)24-25(29)27(35)33(26(24)34)21-10-8-17(15-31)19-6-4-5-7-20(19)21/h4-11,16,22,34-35H,3,12-14H2,1-2H3/t22?,28-,29+/m0/s1. The molecule has 0 spiro atoms. The van der Waals surface area contributed by atoms with Crippen molar-refractivity contribution in [3.05, 3.63) is 76.4 Å². The number of pyridine rings is 1. The van der Waals surface area contributed by atoms with Crippen molar-refractivity contribution < 1.29 is 24.4 Å². The number of rotatable bonds is 7. The van der Waals surface area contributed by atoms with Crippen LogP contribution in [0.15, 0.2) is 54.7 Å². The Hall–Kier alpha value is -3.77. The van der Waals surface area contributed by atoms with E-state index in [9.17, 15) is 15.5 Å². The second-order valence-electron chi connectivity index (χ2n) is 9.70. The molecule has 1 saturated heterocycles. The van der Waals surface area contributed by atoms with E-state index < -0.39 is 11.2 Å². The minimum Gasteiger partial charge on any atom is -0.494 e. The molecule has 0 saturated carbocycles. The molecule has 2 aromatic carbocycles. The molecular weight excluding hydrogens is 506 g/mol. The molecular formula is C29H26ClN3O5. The number of hydrogen-bond donors (Lipinski definition) is 2. The van der Waals surface area contributed by atoms with Crippen LogP contribution in [0.1, 0.15) is 42.9 Å². The van der Waals surface area contributed by atoms with Crippen LogP contribution in [0.5, 0.6) is 17.6 Å². The highest BCUT2D eigenvalue weighted by atomic mass is 35.5. The number of hydrogen-bond acceptors (Lipinski definition) is 7. The van der Waals surface area contributed by atoms with Gasteiger partial charge in [-0.3, -0.25) is 4.57 Å². The van der Waals surface area contributed by atoms with Gasteiger partial charge < -0.3 is 24.4 Å². The van der Waals surface area contributed by atoms with Crippen LogP contribution in [-0.2, 0) is 20.7 Å². The SMILES string of the molecule is CC[C@@]12O[C@@](CCOc3ccc(Cl)cn3)(CC1OC)c1c2c(O)n(-c2ccc(C#N)c3ccccc23)c1O. The van der Waals surface area contributed by atoms with Crippen LogP contribution in [0.2, 0.25) is 5.02 Å². The first-order valence-electron chi connectivity index (χ1n) is 12.5. The number of methoxy groups -OCH3 is 1. The van der Waals surface area contributed by atoms with Gasteiger partial charge in [0.1, 0.15) is 11.2 Å². The molecule has 1 fully saturated rings. The van der Waals surface area contributed by atoms with Crippen LogP contribution >= 0.6 is 11.6 Å². The zero-order valence-corrected chi connectivity index (χ0v) is 21.7. The van der Waals surface area contributed by atoms with E-state index in [4.69, 9.17) is 25.8 Å². The fourth-order valence-corrected chi connectivity index (χ4v) is 6.38. The summed E-state index contributed by atoms with van der Waals surface area (Å²) < 4.78 is 19.9. The highest BCUT2D eigenvalue weighted by molar-refractivity contribution is 6.30. The topological polar surface area (TPSA) is 110 Å². The summed E-state index contributed by atoms with van der Waals surface area (Å²) in [4.78, 5) is 4.19. The first-order chi connectivity index (χ1) is 18.4. The molecule has 0 radical (unpaired) electrons. The molecule has 4 aromatic rings. The normalized spacial score (nSPS) is 23.5. The Kier molecular flexibility index (Phi) is 5.76. The van der Waals surface area contributed by atoms with Gasteiger partial charge in [0.15, 0.2) is 0 Å². The summed E-state index contributed by atoms with van der Waals surface area (Å²) >= 11 is 5.94. The maximum Gasteiger partial charge on any atom is 0.213 e. The third kappa shape index (κ3) is 3.33. The molecule has 194 valence electrons. The molecule has 2 bridgehead atoms. The van der Waals surface area contributed by atoms with Crippen molar-refractivity contribution in [1.82, 2.24) is 9.55 Å². The van der Waals surface area contributed by atoms with Gasteiger partial charge in [-0.05, 0) is 24.6 Å².